The molecule has 1 amide bonds. The highest BCUT2D eigenvalue weighted by atomic mass is 32.2. The lowest BCUT2D eigenvalue weighted by molar-refractivity contribution is 0.0954. The molecule has 0 spiro atoms. The molecule has 3 rings (SSSR count). The number of amides is 1. The molecule has 6 nitrogen and oxygen atoms in total. The molecule has 1 aliphatic heterocycles. The molecule has 7 heteroatoms. The zero-order valence-corrected chi connectivity index (χ0v) is 14.5. The zero-order valence-electron chi connectivity index (χ0n) is 13.7. The van der Waals surface area contributed by atoms with Gasteiger partial charge in [0.25, 0.3) is 5.91 Å². The summed E-state index contributed by atoms with van der Waals surface area (Å²) in [7, 11) is -3.45. The van der Waals surface area contributed by atoms with Crippen LogP contribution in [-0.2, 0) is 10.0 Å². The summed E-state index contributed by atoms with van der Waals surface area (Å²) >= 11 is 0. The molecule has 0 bridgehead atoms. The molecule has 1 aliphatic carbocycles. The van der Waals surface area contributed by atoms with Crippen molar-refractivity contribution in [3.05, 3.63) is 41.5 Å². The van der Waals surface area contributed by atoms with Gasteiger partial charge in [0.2, 0.25) is 10.0 Å². The van der Waals surface area contributed by atoms with Crippen molar-refractivity contribution >= 4 is 21.6 Å². The van der Waals surface area contributed by atoms with Gasteiger partial charge in [-0.3, -0.25) is 4.79 Å². The van der Waals surface area contributed by atoms with E-state index in [0.29, 0.717) is 18.7 Å². The average Bonchev–Trinajstić information content (AvgIpc) is 3.24. The first-order valence-electron chi connectivity index (χ1n) is 8.11. The molecule has 0 radical (unpaired) electrons. The van der Waals surface area contributed by atoms with Gasteiger partial charge >= 0.3 is 0 Å². The Balaban J connectivity index is 1.69. The lowest BCUT2D eigenvalue weighted by Gasteiger charge is -2.15. The first-order valence-corrected chi connectivity index (χ1v) is 9.55. The van der Waals surface area contributed by atoms with Gasteiger partial charge in [0.05, 0.1) is 10.6 Å². The Hall–Kier alpha value is -1.99. The highest BCUT2D eigenvalue weighted by molar-refractivity contribution is 7.89. The molecule has 1 aromatic rings. The van der Waals surface area contributed by atoms with Gasteiger partial charge in [-0.25, -0.2) is 13.8 Å². The smallest absolute Gasteiger partial charge is 0.267 e. The van der Waals surface area contributed by atoms with Crippen LogP contribution in [0.4, 0.5) is 0 Å². The number of hydrogen-bond donors (Lipinski definition) is 1. The van der Waals surface area contributed by atoms with E-state index in [1.165, 1.54) is 34.1 Å². The summed E-state index contributed by atoms with van der Waals surface area (Å²) < 4.78 is 26.4. The predicted octanol–water partition coefficient (Wildman–Crippen LogP) is 2.30. The van der Waals surface area contributed by atoms with E-state index in [4.69, 9.17) is 0 Å². The fourth-order valence-electron chi connectivity index (χ4n) is 2.89. The monoisotopic (exact) mass is 347 g/mol. The Labute approximate surface area is 142 Å². The topological polar surface area (TPSA) is 78.8 Å². The summed E-state index contributed by atoms with van der Waals surface area (Å²) in [4.78, 5) is 12.3. The number of rotatable bonds is 4. The first-order chi connectivity index (χ1) is 11.5. The molecule has 1 saturated heterocycles. The van der Waals surface area contributed by atoms with Gasteiger partial charge in [-0.2, -0.15) is 9.41 Å². The normalized spacial score (nSPS) is 20.4. The minimum atomic E-state index is -3.45. The maximum atomic E-state index is 12.4. The van der Waals surface area contributed by atoms with Crippen molar-refractivity contribution in [3.8, 4) is 0 Å². The lowest BCUT2D eigenvalue weighted by Crippen LogP contribution is -2.28. The van der Waals surface area contributed by atoms with E-state index < -0.39 is 10.0 Å². The molecule has 1 N–H and O–H groups in total. The standard InChI is InChI=1S/C17H21N3O3S/c1-13-4-7-15(12-13)18-19-17(21)14-5-8-16(9-6-14)24(22,23)20-10-2-3-11-20/h5-6,8-9,12H,2-4,7,10-11H2,1H3,(H,19,21)/b18-15+. The number of nitrogens with zero attached hydrogens (tertiary/aromatic N) is 2. The van der Waals surface area contributed by atoms with E-state index in [-0.39, 0.29) is 10.8 Å². The Kier molecular flexibility index (Phi) is 4.82. The van der Waals surface area contributed by atoms with E-state index in [1.54, 1.807) is 0 Å². The summed E-state index contributed by atoms with van der Waals surface area (Å²) in [5, 5.41) is 4.10. The number of nitrogens with one attached hydrogen (secondary N) is 1. The molecule has 0 unspecified atom stereocenters. The number of carbonyl (C=O) groups excluding carboxylic acids is 1. The van der Waals surface area contributed by atoms with Crippen molar-refractivity contribution in [2.45, 2.75) is 37.5 Å². The van der Waals surface area contributed by atoms with Crippen molar-refractivity contribution in [1.29, 1.82) is 0 Å². The van der Waals surface area contributed by atoms with Crippen molar-refractivity contribution in [2.24, 2.45) is 5.10 Å². The number of benzene rings is 1. The molecule has 0 saturated carbocycles. The molecule has 1 aromatic carbocycles. The molecule has 2 aliphatic rings. The average molecular weight is 347 g/mol. The van der Waals surface area contributed by atoms with Crippen molar-refractivity contribution in [1.82, 2.24) is 9.73 Å². The molecule has 128 valence electrons. The summed E-state index contributed by atoms with van der Waals surface area (Å²) in [5.74, 6) is -0.342. The van der Waals surface area contributed by atoms with E-state index in [1.807, 2.05) is 13.0 Å². The molecule has 1 fully saturated rings. The van der Waals surface area contributed by atoms with Gasteiger partial charge in [-0.15, -0.1) is 0 Å². The van der Waals surface area contributed by atoms with Crippen LogP contribution in [0.25, 0.3) is 0 Å². The van der Waals surface area contributed by atoms with Crippen LogP contribution in [0.5, 0.6) is 0 Å². The minimum absolute atomic E-state index is 0.224. The molecule has 0 atom stereocenters. The Morgan fingerprint density at radius 3 is 2.38 bits per heavy atom. The Morgan fingerprint density at radius 2 is 1.79 bits per heavy atom. The molecule has 24 heavy (non-hydrogen) atoms. The van der Waals surface area contributed by atoms with Crippen molar-refractivity contribution in [3.63, 3.8) is 0 Å². The summed E-state index contributed by atoms with van der Waals surface area (Å²) in [6, 6.07) is 6.01. The maximum absolute atomic E-state index is 12.4. The third-order valence-corrected chi connectivity index (χ3v) is 6.22. The third-order valence-electron chi connectivity index (χ3n) is 4.31. The molecule has 0 aromatic heterocycles. The van der Waals surface area contributed by atoms with E-state index in [2.05, 4.69) is 10.5 Å². The molecule has 1 heterocycles. The largest absolute Gasteiger partial charge is 0.271 e. The van der Waals surface area contributed by atoms with Gasteiger partial charge in [-0.05, 0) is 62.9 Å². The van der Waals surface area contributed by atoms with Crippen molar-refractivity contribution in [2.75, 3.05) is 13.1 Å². The quantitative estimate of drug-likeness (QED) is 0.849. The fraction of sp³-hybridized carbons (Fsp3) is 0.412. The van der Waals surface area contributed by atoms with Crippen LogP contribution in [-0.4, -0.2) is 37.4 Å². The van der Waals surface area contributed by atoms with Crippen LogP contribution in [0.1, 0.15) is 43.0 Å². The van der Waals surface area contributed by atoms with Crippen LogP contribution in [0, 0.1) is 0 Å². The van der Waals surface area contributed by atoms with Crippen LogP contribution < -0.4 is 5.43 Å². The minimum Gasteiger partial charge on any atom is -0.267 e. The predicted molar refractivity (Wildman–Crippen MR) is 92.3 cm³/mol. The number of hydrogen-bond acceptors (Lipinski definition) is 4. The number of sulfonamides is 1. The van der Waals surface area contributed by atoms with Gasteiger partial charge in [0.1, 0.15) is 0 Å². The van der Waals surface area contributed by atoms with Crippen LogP contribution in [0.15, 0.2) is 45.9 Å². The second-order valence-corrected chi connectivity index (χ2v) is 8.11. The zero-order chi connectivity index (χ0) is 17.2. The van der Waals surface area contributed by atoms with Gasteiger partial charge in [0, 0.05) is 18.7 Å². The Morgan fingerprint density at radius 1 is 1.12 bits per heavy atom. The van der Waals surface area contributed by atoms with Crippen LogP contribution >= 0.6 is 0 Å². The highest BCUT2D eigenvalue weighted by Gasteiger charge is 2.27. The lowest BCUT2D eigenvalue weighted by atomic mass is 10.2. The van der Waals surface area contributed by atoms with Crippen LogP contribution in [0.2, 0.25) is 0 Å². The van der Waals surface area contributed by atoms with E-state index in [0.717, 1.165) is 31.4 Å². The van der Waals surface area contributed by atoms with Gasteiger partial charge in [-0.1, -0.05) is 5.57 Å². The SMILES string of the molecule is CC1=C/C(=N/NC(=O)c2ccc(S(=O)(=O)N3CCCC3)cc2)CC1. The summed E-state index contributed by atoms with van der Waals surface area (Å²) in [6.07, 6.45) is 5.56. The summed E-state index contributed by atoms with van der Waals surface area (Å²) in [6.45, 7) is 3.16. The maximum Gasteiger partial charge on any atom is 0.271 e. The van der Waals surface area contributed by atoms with E-state index in [9.17, 15) is 13.2 Å². The second-order valence-electron chi connectivity index (χ2n) is 6.17. The van der Waals surface area contributed by atoms with Crippen LogP contribution in [0.3, 0.4) is 0 Å². The molecular formula is C17H21N3O3S. The first kappa shape index (κ1) is 16.9. The van der Waals surface area contributed by atoms with Gasteiger partial charge in [0.15, 0.2) is 0 Å². The number of carbonyl (C=O) groups is 1. The number of hydrazone groups is 1. The summed E-state index contributed by atoms with van der Waals surface area (Å²) in [5.41, 5.74) is 5.01. The fourth-order valence-corrected chi connectivity index (χ4v) is 4.40. The Bertz CT molecular complexity index is 789. The molecular weight excluding hydrogens is 326 g/mol. The van der Waals surface area contributed by atoms with E-state index >= 15 is 0 Å². The number of allylic oxidation sites excluding steroid dienone is 2. The van der Waals surface area contributed by atoms with Gasteiger partial charge < -0.3 is 0 Å². The third kappa shape index (κ3) is 3.57. The highest BCUT2D eigenvalue weighted by Crippen LogP contribution is 2.21. The second kappa shape index (κ2) is 6.86. The van der Waals surface area contributed by atoms with Crippen molar-refractivity contribution < 1.29 is 13.2 Å².